The highest BCUT2D eigenvalue weighted by Gasteiger charge is 2.67. The molecule has 0 fully saturated rings. The Balaban J connectivity index is 1.90. The van der Waals surface area contributed by atoms with E-state index in [1.807, 2.05) is 0 Å². The number of aryl methyl sites for hydroxylation is 2. The van der Waals surface area contributed by atoms with E-state index in [1.54, 1.807) is 25.2 Å². The molecule has 0 saturated carbocycles. The van der Waals surface area contributed by atoms with Crippen molar-refractivity contribution in [3.05, 3.63) is 53.1 Å². The Hall–Kier alpha value is -3.41. The number of nitrogens with one attached hydrogen (secondary N) is 2. The van der Waals surface area contributed by atoms with Gasteiger partial charge in [0.2, 0.25) is 5.95 Å². The second kappa shape index (κ2) is 6.79. The van der Waals surface area contributed by atoms with Crippen LogP contribution in [-0.2, 0) is 20.3 Å². The molecule has 12 heteroatoms. The number of anilines is 1. The summed E-state index contributed by atoms with van der Waals surface area (Å²) in [5.74, 6) is -3.17. The van der Waals surface area contributed by atoms with E-state index < -0.39 is 33.5 Å². The standard InChI is InChI=1S/C20H17F3N4O4S/c1-10-7-14-15(8-11(10)2)27-18(24-14)25-17(29)19(27,20(21,22)23)26-16(28)12-5-4-6-13(9-12)32(3,30)31/h4-9H,1-3H3,(H,26,28)(H,24,25,29). The third-order valence-corrected chi connectivity index (χ3v) is 6.50. The van der Waals surface area contributed by atoms with Crippen molar-refractivity contribution in [1.29, 1.82) is 0 Å². The van der Waals surface area contributed by atoms with E-state index in [9.17, 15) is 31.2 Å². The van der Waals surface area contributed by atoms with Crippen LogP contribution in [0.1, 0.15) is 21.5 Å². The average Bonchev–Trinajstić information content (AvgIpc) is 3.15. The fraction of sp³-hybridized carbons (Fsp3) is 0.250. The Morgan fingerprint density at radius 2 is 1.81 bits per heavy atom. The van der Waals surface area contributed by atoms with Crippen LogP contribution in [0, 0.1) is 13.8 Å². The van der Waals surface area contributed by atoms with Crippen molar-refractivity contribution in [1.82, 2.24) is 14.9 Å². The fourth-order valence-electron chi connectivity index (χ4n) is 3.59. The molecular formula is C20H17F3N4O4S. The van der Waals surface area contributed by atoms with E-state index >= 15 is 0 Å². The molecule has 0 aliphatic carbocycles. The Bertz CT molecular complexity index is 1410. The van der Waals surface area contributed by atoms with Gasteiger partial charge < -0.3 is 5.32 Å². The lowest BCUT2D eigenvalue weighted by Gasteiger charge is -2.32. The van der Waals surface area contributed by atoms with Gasteiger partial charge in [-0.3, -0.25) is 19.5 Å². The Morgan fingerprint density at radius 3 is 2.44 bits per heavy atom. The Kier molecular flexibility index (Phi) is 4.63. The van der Waals surface area contributed by atoms with Gasteiger partial charge in [-0.2, -0.15) is 13.2 Å². The summed E-state index contributed by atoms with van der Waals surface area (Å²) in [5.41, 5.74) is -2.15. The normalized spacial score (nSPS) is 18.5. The fourth-order valence-corrected chi connectivity index (χ4v) is 4.26. The maximum atomic E-state index is 14.5. The van der Waals surface area contributed by atoms with E-state index in [0.29, 0.717) is 10.1 Å². The van der Waals surface area contributed by atoms with Crippen LogP contribution in [0.5, 0.6) is 0 Å². The minimum atomic E-state index is -5.25. The van der Waals surface area contributed by atoms with E-state index in [4.69, 9.17) is 0 Å². The Labute approximate surface area is 180 Å². The van der Waals surface area contributed by atoms with Crippen molar-refractivity contribution in [2.45, 2.75) is 30.6 Å². The molecule has 3 aromatic rings. The summed E-state index contributed by atoms with van der Waals surface area (Å²) in [6.45, 7) is 3.47. The number of fused-ring (bicyclic) bond motifs is 3. The number of carbonyl (C=O) groups is 2. The molecule has 2 heterocycles. The van der Waals surface area contributed by atoms with Gasteiger partial charge in [0, 0.05) is 11.8 Å². The topological polar surface area (TPSA) is 110 Å². The molecule has 0 radical (unpaired) electrons. The largest absolute Gasteiger partial charge is 0.440 e. The van der Waals surface area contributed by atoms with Gasteiger partial charge in [-0.25, -0.2) is 13.4 Å². The van der Waals surface area contributed by atoms with Crippen LogP contribution in [0.2, 0.25) is 0 Å². The van der Waals surface area contributed by atoms with E-state index in [1.165, 1.54) is 18.2 Å². The highest BCUT2D eigenvalue weighted by atomic mass is 32.2. The highest BCUT2D eigenvalue weighted by Crippen LogP contribution is 2.44. The third kappa shape index (κ3) is 3.13. The quantitative estimate of drug-likeness (QED) is 0.617. The number of amides is 2. The number of aromatic nitrogens is 2. The second-order valence-electron chi connectivity index (χ2n) is 7.61. The first-order valence-electron chi connectivity index (χ1n) is 9.27. The molecule has 0 saturated heterocycles. The number of hydrogen-bond donors (Lipinski definition) is 2. The SMILES string of the molecule is Cc1cc2nc3n(c2cc1C)C(NC(=O)c1cccc(S(C)(=O)=O)c1)(C(F)(F)F)C(=O)N3. The van der Waals surface area contributed by atoms with E-state index in [0.717, 1.165) is 24.0 Å². The smallest absolute Gasteiger partial charge is 0.313 e. The third-order valence-electron chi connectivity index (χ3n) is 5.39. The van der Waals surface area contributed by atoms with Crippen molar-refractivity contribution in [3.63, 3.8) is 0 Å². The van der Waals surface area contributed by atoms with Gasteiger partial charge in [0.25, 0.3) is 17.5 Å². The average molecular weight is 466 g/mol. The summed E-state index contributed by atoms with van der Waals surface area (Å²) in [6.07, 6.45) is -4.35. The summed E-state index contributed by atoms with van der Waals surface area (Å²) >= 11 is 0. The molecule has 1 aliphatic rings. The lowest BCUT2D eigenvalue weighted by atomic mass is 10.1. The number of halogens is 3. The molecule has 4 rings (SSSR count). The lowest BCUT2D eigenvalue weighted by molar-refractivity contribution is -0.213. The van der Waals surface area contributed by atoms with Crippen molar-refractivity contribution < 1.29 is 31.2 Å². The predicted octanol–water partition coefficient (Wildman–Crippen LogP) is 2.65. The van der Waals surface area contributed by atoms with Crippen LogP contribution < -0.4 is 10.6 Å². The molecule has 1 unspecified atom stereocenters. The van der Waals surface area contributed by atoms with Crippen LogP contribution in [0.3, 0.4) is 0 Å². The van der Waals surface area contributed by atoms with Gasteiger partial charge in [0.1, 0.15) is 0 Å². The molecular weight excluding hydrogens is 449 g/mol. The second-order valence-corrected chi connectivity index (χ2v) is 9.63. The minimum absolute atomic E-state index is 0.00367. The number of benzene rings is 2. The number of sulfone groups is 1. The maximum Gasteiger partial charge on any atom is 0.440 e. The molecule has 0 spiro atoms. The molecule has 1 atom stereocenters. The van der Waals surface area contributed by atoms with Gasteiger partial charge in [-0.15, -0.1) is 0 Å². The van der Waals surface area contributed by atoms with Crippen LogP contribution in [0.4, 0.5) is 19.1 Å². The maximum absolute atomic E-state index is 14.5. The Morgan fingerprint density at radius 1 is 1.16 bits per heavy atom. The predicted molar refractivity (Wildman–Crippen MR) is 109 cm³/mol. The van der Waals surface area contributed by atoms with Crippen molar-refractivity contribution >= 4 is 38.6 Å². The van der Waals surface area contributed by atoms with Crippen LogP contribution in [0.15, 0.2) is 41.3 Å². The molecule has 2 aromatic carbocycles. The molecule has 168 valence electrons. The van der Waals surface area contributed by atoms with Crippen LogP contribution >= 0.6 is 0 Å². The zero-order chi connectivity index (χ0) is 23.6. The molecule has 0 bridgehead atoms. The number of rotatable bonds is 3. The van der Waals surface area contributed by atoms with Crippen LogP contribution in [-0.4, -0.2) is 42.2 Å². The minimum Gasteiger partial charge on any atom is -0.313 e. The zero-order valence-corrected chi connectivity index (χ0v) is 17.9. The van der Waals surface area contributed by atoms with Crippen LogP contribution in [0.25, 0.3) is 11.0 Å². The van der Waals surface area contributed by atoms with Gasteiger partial charge in [0.15, 0.2) is 9.84 Å². The van der Waals surface area contributed by atoms with E-state index in [2.05, 4.69) is 10.3 Å². The summed E-state index contributed by atoms with van der Waals surface area (Å²) in [7, 11) is -3.71. The van der Waals surface area contributed by atoms with Gasteiger partial charge in [-0.1, -0.05) is 6.07 Å². The van der Waals surface area contributed by atoms with Crippen molar-refractivity contribution in [2.24, 2.45) is 0 Å². The zero-order valence-electron chi connectivity index (χ0n) is 17.0. The summed E-state index contributed by atoms with van der Waals surface area (Å²) in [5, 5.41) is 3.90. The highest BCUT2D eigenvalue weighted by molar-refractivity contribution is 7.90. The molecule has 2 amide bonds. The number of hydrogen-bond acceptors (Lipinski definition) is 5. The summed E-state index contributed by atoms with van der Waals surface area (Å²) in [6, 6.07) is 7.58. The first kappa shape index (κ1) is 21.8. The first-order chi connectivity index (χ1) is 14.8. The van der Waals surface area contributed by atoms with Crippen molar-refractivity contribution in [3.8, 4) is 0 Å². The number of carbonyl (C=O) groups excluding carboxylic acids is 2. The molecule has 2 N–H and O–H groups in total. The number of imidazole rings is 1. The first-order valence-corrected chi connectivity index (χ1v) is 11.2. The number of alkyl halides is 3. The molecule has 8 nitrogen and oxygen atoms in total. The summed E-state index contributed by atoms with van der Waals surface area (Å²) < 4.78 is 67.5. The van der Waals surface area contributed by atoms with E-state index in [-0.39, 0.29) is 27.4 Å². The molecule has 32 heavy (non-hydrogen) atoms. The number of nitrogens with zero attached hydrogens (tertiary/aromatic N) is 2. The summed E-state index contributed by atoms with van der Waals surface area (Å²) in [4.78, 5) is 29.3. The molecule has 1 aromatic heterocycles. The molecule has 1 aliphatic heterocycles. The van der Waals surface area contributed by atoms with Gasteiger partial charge in [-0.05, 0) is 55.3 Å². The monoisotopic (exact) mass is 466 g/mol. The lowest BCUT2D eigenvalue weighted by Crippen LogP contribution is -2.63. The van der Waals surface area contributed by atoms with Gasteiger partial charge in [0.05, 0.1) is 15.9 Å². The van der Waals surface area contributed by atoms with Gasteiger partial charge >= 0.3 is 6.18 Å². The van der Waals surface area contributed by atoms with Crippen molar-refractivity contribution in [2.75, 3.05) is 11.6 Å².